The van der Waals surface area contributed by atoms with E-state index in [0.717, 1.165) is 15.8 Å². The average Bonchev–Trinajstić information content (AvgIpc) is 3.09. The van der Waals surface area contributed by atoms with E-state index >= 15 is 0 Å². The maximum atomic E-state index is 13.2. The summed E-state index contributed by atoms with van der Waals surface area (Å²) < 4.78 is 13.4. The molecule has 3 aromatic rings. The molecule has 31 heavy (non-hydrogen) atoms. The Kier molecular flexibility index (Phi) is 7.71. The molecule has 0 spiro atoms. The predicted molar refractivity (Wildman–Crippen MR) is 129 cm³/mol. The standard InChI is InChI=1S/C20H17BrClN3O4S2/c1-28-13-6-7-15(29-2)14(9-13)23-19(27)17-18(24-16(26)10-22)25(20(30)31-17)12-5-3-4-11(21)8-12/h3-9H,10H2,1-2H3,(H,23,27)(H,24,26). The van der Waals surface area contributed by atoms with E-state index in [4.69, 9.17) is 33.3 Å². The summed E-state index contributed by atoms with van der Waals surface area (Å²) >= 11 is 15.7. The molecule has 1 heterocycles. The van der Waals surface area contributed by atoms with Crippen molar-refractivity contribution in [1.82, 2.24) is 4.57 Å². The third-order valence-corrected chi connectivity index (χ3v) is 6.23. The first-order chi connectivity index (χ1) is 14.9. The number of benzene rings is 2. The molecule has 11 heteroatoms. The Hall–Kier alpha value is -2.40. The largest absolute Gasteiger partial charge is 0.497 e. The van der Waals surface area contributed by atoms with Crippen LogP contribution < -0.4 is 20.1 Å². The van der Waals surface area contributed by atoms with Gasteiger partial charge in [-0.1, -0.05) is 33.3 Å². The van der Waals surface area contributed by atoms with Gasteiger partial charge in [0.1, 0.15) is 28.1 Å². The van der Waals surface area contributed by atoms with Gasteiger partial charge in [0.2, 0.25) is 5.91 Å². The minimum atomic E-state index is -0.471. The van der Waals surface area contributed by atoms with E-state index in [-0.39, 0.29) is 16.6 Å². The number of hydrogen-bond acceptors (Lipinski definition) is 6. The van der Waals surface area contributed by atoms with Gasteiger partial charge in [0.25, 0.3) is 5.91 Å². The van der Waals surface area contributed by atoms with E-state index in [1.165, 1.54) is 14.2 Å². The molecule has 2 N–H and O–H groups in total. The number of hydrogen-bond donors (Lipinski definition) is 2. The Morgan fingerprint density at radius 2 is 1.94 bits per heavy atom. The highest BCUT2D eigenvalue weighted by atomic mass is 79.9. The zero-order valence-corrected chi connectivity index (χ0v) is 20.4. The molecule has 0 fully saturated rings. The van der Waals surface area contributed by atoms with Gasteiger partial charge in [-0.25, -0.2) is 0 Å². The minimum Gasteiger partial charge on any atom is -0.497 e. The molecule has 0 atom stereocenters. The number of aromatic nitrogens is 1. The van der Waals surface area contributed by atoms with Gasteiger partial charge in [-0.2, -0.15) is 0 Å². The SMILES string of the molecule is COc1ccc(OC)c(NC(=O)c2sc(=S)n(-c3cccc(Br)c3)c2NC(=O)CCl)c1. The Morgan fingerprint density at radius 3 is 2.58 bits per heavy atom. The summed E-state index contributed by atoms with van der Waals surface area (Å²) in [6.45, 7) is 0. The van der Waals surface area contributed by atoms with Gasteiger partial charge in [0.05, 0.1) is 25.6 Å². The summed E-state index contributed by atoms with van der Waals surface area (Å²) in [5.74, 6) is 0.0264. The number of nitrogens with one attached hydrogen (secondary N) is 2. The quantitative estimate of drug-likeness (QED) is 0.305. The number of amides is 2. The van der Waals surface area contributed by atoms with Crippen LogP contribution >= 0.6 is 51.1 Å². The van der Waals surface area contributed by atoms with Gasteiger partial charge < -0.3 is 20.1 Å². The van der Waals surface area contributed by atoms with Crippen LogP contribution in [0, 0.1) is 3.95 Å². The number of alkyl halides is 1. The monoisotopic (exact) mass is 541 g/mol. The number of carbonyl (C=O) groups excluding carboxylic acids is 2. The van der Waals surface area contributed by atoms with E-state index in [1.807, 2.05) is 24.3 Å². The highest BCUT2D eigenvalue weighted by Crippen LogP contribution is 2.33. The molecule has 7 nitrogen and oxygen atoms in total. The predicted octanol–water partition coefficient (Wildman–Crippen LogP) is 5.48. The number of methoxy groups -OCH3 is 2. The van der Waals surface area contributed by atoms with E-state index in [2.05, 4.69) is 26.6 Å². The fourth-order valence-corrected chi connectivity index (χ4v) is 4.49. The van der Waals surface area contributed by atoms with Gasteiger partial charge in [-0.15, -0.1) is 11.6 Å². The number of ether oxygens (including phenoxy) is 2. The first-order valence-corrected chi connectivity index (χ1v) is 11.3. The topological polar surface area (TPSA) is 81.6 Å². The smallest absolute Gasteiger partial charge is 0.269 e. The van der Waals surface area contributed by atoms with Crippen LogP contribution in [0.25, 0.3) is 5.69 Å². The molecule has 0 saturated carbocycles. The summed E-state index contributed by atoms with van der Waals surface area (Å²) in [7, 11) is 3.02. The van der Waals surface area contributed by atoms with Crippen molar-refractivity contribution in [3.05, 3.63) is 55.8 Å². The molecule has 0 saturated heterocycles. The van der Waals surface area contributed by atoms with Crippen molar-refractivity contribution < 1.29 is 19.1 Å². The highest BCUT2D eigenvalue weighted by Gasteiger charge is 2.23. The first-order valence-electron chi connectivity index (χ1n) is 8.79. The third-order valence-electron chi connectivity index (χ3n) is 4.12. The zero-order chi connectivity index (χ0) is 22.5. The second kappa shape index (κ2) is 10.3. The van der Waals surface area contributed by atoms with Gasteiger partial charge in [-0.3, -0.25) is 14.2 Å². The lowest BCUT2D eigenvalue weighted by atomic mass is 10.2. The molecular weight excluding hydrogens is 526 g/mol. The lowest BCUT2D eigenvalue weighted by molar-refractivity contribution is -0.113. The molecule has 0 unspecified atom stereocenters. The molecule has 2 aromatic carbocycles. The normalized spacial score (nSPS) is 10.5. The first kappa shape index (κ1) is 23.3. The molecule has 0 bridgehead atoms. The van der Waals surface area contributed by atoms with Crippen molar-refractivity contribution in [2.75, 3.05) is 30.7 Å². The van der Waals surface area contributed by atoms with Crippen molar-refractivity contribution in [3.63, 3.8) is 0 Å². The maximum absolute atomic E-state index is 13.2. The van der Waals surface area contributed by atoms with Gasteiger partial charge >= 0.3 is 0 Å². The van der Waals surface area contributed by atoms with E-state index in [9.17, 15) is 9.59 Å². The molecule has 1 aromatic heterocycles. The van der Waals surface area contributed by atoms with Crippen LogP contribution in [0.1, 0.15) is 9.67 Å². The van der Waals surface area contributed by atoms with Crippen molar-refractivity contribution in [1.29, 1.82) is 0 Å². The Morgan fingerprint density at radius 1 is 1.16 bits per heavy atom. The van der Waals surface area contributed by atoms with Crippen molar-refractivity contribution in [2.24, 2.45) is 0 Å². The molecular formula is C20H17BrClN3O4S2. The maximum Gasteiger partial charge on any atom is 0.269 e. The average molecular weight is 543 g/mol. The van der Waals surface area contributed by atoms with E-state index < -0.39 is 11.8 Å². The van der Waals surface area contributed by atoms with E-state index in [0.29, 0.717) is 26.8 Å². The molecule has 0 aliphatic carbocycles. The van der Waals surface area contributed by atoms with Crippen LogP contribution in [0.3, 0.4) is 0 Å². The number of thiazole rings is 1. The lowest BCUT2D eigenvalue weighted by Crippen LogP contribution is -2.20. The molecule has 162 valence electrons. The number of halogens is 2. The summed E-state index contributed by atoms with van der Waals surface area (Å²) in [6.07, 6.45) is 0. The lowest BCUT2D eigenvalue weighted by Gasteiger charge is -2.13. The summed E-state index contributed by atoms with van der Waals surface area (Å²) in [6, 6.07) is 12.4. The number of rotatable bonds is 7. The molecule has 3 rings (SSSR count). The van der Waals surface area contributed by atoms with Gasteiger partial charge in [0.15, 0.2) is 3.95 Å². The second-order valence-corrected chi connectivity index (χ2v) is 8.89. The Labute approximate surface area is 201 Å². The van der Waals surface area contributed by atoms with Crippen LogP contribution in [0.2, 0.25) is 0 Å². The van der Waals surface area contributed by atoms with Crippen LogP contribution in [0.5, 0.6) is 11.5 Å². The van der Waals surface area contributed by atoms with Crippen LogP contribution in [0.15, 0.2) is 46.9 Å². The number of anilines is 2. The zero-order valence-electron chi connectivity index (χ0n) is 16.4. The molecule has 2 amide bonds. The fraction of sp³-hybridized carbons (Fsp3) is 0.150. The summed E-state index contributed by atoms with van der Waals surface area (Å²) in [5.41, 5.74) is 1.09. The van der Waals surface area contributed by atoms with Gasteiger partial charge in [0, 0.05) is 10.5 Å². The summed E-state index contributed by atoms with van der Waals surface area (Å²) in [4.78, 5) is 25.5. The van der Waals surface area contributed by atoms with Crippen molar-refractivity contribution >= 4 is 74.4 Å². The van der Waals surface area contributed by atoms with Crippen LogP contribution in [-0.2, 0) is 4.79 Å². The Bertz CT molecular complexity index is 1200. The second-order valence-electron chi connectivity index (χ2n) is 6.06. The summed E-state index contributed by atoms with van der Waals surface area (Å²) in [5, 5.41) is 5.49. The van der Waals surface area contributed by atoms with Gasteiger partial charge in [-0.05, 0) is 42.5 Å². The van der Waals surface area contributed by atoms with Crippen LogP contribution in [-0.4, -0.2) is 36.5 Å². The van der Waals surface area contributed by atoms with E-state index in [1.54, 1.807) is 22.8 Å². The molecule has 0 aliphatic heterocycles. The fourth-order valence-electron chi connectivity index (χ4n) is 2.75. The molecule has 0 radical (unpaired) electrons. The Balaban J connectivity index is 2.08. The third kappa shape index (κ3) is 5.27. The van der Waals surface area contributed by atoms with Crippen molar-refractivity contribution in [2.45, 2.75) is 0 Å². The minimum absolute atomic E-state index is 0.216. The number of carbonyl (C=O) groups is 2. The highest BCUT2D eigenvalue weighted by molar-refractivity contribution is 9.10. The molecule has 0 aliphatic rings. The number of nitrogens with zero attached hydrogens (tertiary/aromatic N) is 1. The van der Waals surface area contributed by atoms with Crippen LogP contribution in [0.4, 0.5) is 11.5 Å². The van der Waals surface area contributed by atoms with Crippen molar-refractivity contribution in [3.8, 4) is 17.2 Å².